The molecule has 88 valence electrons. The fourth-order valence-electron chi connectivity index (χ4n) is 1.93. The number of carbonyl (C=O) groups excluding carboxylic acids is 1. The summed E-state index contributed by atoms with van der Waals surface area (Å²) in [5.41, 5.74) is 5.01. The smallest absolute Gasteiger partial charge is 0.221 e. The molecule has 15 heavy (non-hydrogen) atoms. The van der Waals surface area contributed by atoms with E-state index in [2.05, 4.69) is 5.32 Å². The van der Waals surface area contributed by atoms with Crippen molar-refractivity contribution in [3.63, 3.8) is 0 Å². The highest BCUT2D eigenvalue weighted by atomic mass is 16.3. The number of amides is 1. The Morgan fingerprint density at radius 2 is 2.13 bits per heavy atom. The normalized spacial score (nSPS) is 21.3. The molecule has 0 aromatic heterocycles. The molecule has 1 atom stereocenters. The summed E-state index contributed by atoms with van der Waals surface area (Å²) >= 11 is 0. The third-order valence-electron chi connectivity index (χ3n) is 3.12. The van der Waals surface area contributed by atoms with E-state index in [4.69, 9.17) is 5.73 Å². The third kappa shape index (κ3) is 4.18. The molecule has 0 spiro atoms. The molecule has 4 nitrogen and oxygen atoms in total. The van der Waals surface area contributed by atoms with E-state index in [1.165, 1.54) is 0 Å². The van der Waals surface area contributed by atoms with Gasteiger partial charge < -0.3 is 16.2 Å². The standard InChI is InChI=1S/C11H22N2O2/c1-2-9(12)7-10(14)13-8-11(15)5-3-4-6-11/h9,15H,2-8,12H2,1H3,(H,13,14). The van der Waals surface area contributed by atoms with Crippen molar-refractivity contribution >= 4 is 5.91 Å². The van der Waals surface area contributed by atoms with E-state index in [0.29, 0.717) is 13.0 Å². The Hall–Kier alpha value is -0.610. The summed E-state index contributed by atoms with van der Waals surface area (Å²) in [7, 11) is 0. The first-order chi connectivity index (χ1) is 7.06. The third-order valence-corrected chi connectivity index (χ3v) is 3.12. The Kier molecular flexibility index (Phi) is 4.54. The maximum atomic E-state index is 11.4. The van der Waals surface area contributed by atoms with Crippen molar-refractivity contribution in [3.05, 3.63) is 0 Å². The Labute approximate surface area is 91.2 Å². The number of aliphatic hydroxyl groups is 1. The molecule has 1 fully saturated rings. The molecule has 1 rings (SSSR count). The predicted octanol–water partition coefficient (Wildman–Crippen LogP) is 0.535. The van der Waals surface area contributed by atoms with Crippen molar-refractivity contribution in [2.75, 3.05) is 6.54 Å². The zero-order valence-electron chi connectivity index (χ0n) is 9.46. The molecule has 4 N–H and O–H groups in total. The van der Waals surface area contributed by atoms with Crippen LogP contribution in [-0.4, -0.2) is 29.2 Å². The van der Waals surface area contributed by atoms with Gasteiger partial charge in [0.25, 0.3) is 0 Å². The maximum Gasteiger partial charge on any atom is 0.221 e. The fraction of sp³-hybridized carbons (Fsp3) is 0.909. The number of nitrogens with two attached hydrogens (primary N) is 1. The van der Waals surface area contributed by atoms with Gasteiger partial charge in [0.05, 0.1) is 5.60 Å². The van der Waals surface area contributed by atoms with Crippen molar-refractivity contribution in [1.82, 2.24) is 5.32 Å². The fourth-order valence-corrected chi connectivity index (χ4v) is 1.93. The van der Waals surface area contributed by atoms with Gasteiger partial charge in [-0.25, -0.2) is 0 Å². The quantitative estimate of drug-likeness (QED) is 0.625. The number of hydrogen-bond acceptors (Lipinski definition) is 3. The minimum atomic E-state index is -0.661. The molecule has 0 aromatic carbocycles. The summed E-state index contributed by atoms with van der Waals surface area (Å²) in [5, 5.41) is 12.7. The number of nitrogens with one attached hydrogen (secondary N) is 1. The lowest BCUT2D eigenvalue weighted by Crippen LogP contribution is -2.42. The van der Waals surface area contributed by atoms with Gasteiger partial charge in [-0.2, -0.15) is 0 Å². The first-order valence-electron chi connectivity index (χ1n) is 5.80. The van der Waals surface area contributed by atoms with Crippen LogP contribution >= 0.6 is 0 Å². The van der Waals surface area contributed by atoms with Crippen LogP contribution in [-0.2, 0) is 4.79 Å². The van der Waals surface area contributed by atoms with Gasteiger partial charge in [-0.15, -0.1) is 0 Å². The molecule has 0 aliphatic heterocycles. The average molecular weight is 214 g/mol. The summed E-state index contributed by atoms with van der Waals surface area (Å²) in [6.07, 6.45) is 4.87. The number of carbonyl (C=O) groups is 1. The molecule has 1 aliphatic rings. The molecular formula is C11H22N2O2. The molecule has 1 saturated carbocycles. The van der Waals surface area contributed by atoms with Crippen LogP contribution in [0.3, 0.4) is 0 Å². The number of rotatable bonds is 5. The van der Waals surface area contributed by atoms with E-state index in [1.807, 2.05) is 6.92 Å². The second-order valence-corrected chi connectivity index (χ2v) is 4.58. The lowest BCUT2D eigenvalue weighted by Gasteiger charge is -2.22. The molecule has 0 heterocycles. The van der Waals surface area contributed by atoms with Crippen LogP contribution in [0.1, 0.15) is 45.4 Å². The van der Waals surface area contributed by atoms with Crippen molar-refractivity contribution in [2.45, 2.75) is 57.1 Å². The highest BCUT2D eigenvalue weighted by Crippen LogP contribution is 2.28. The van der Waals surface area contributed by atoms with E-state index in [9.17, 15) is 9.90 Å². The molecule has 0 saturated heterocycles. The van der Waals surface area contributed by atoms with Crippen LogP contribution < -0.4 is 11.1 Å². The maximum absolute atomic E-state index is 11.4. The topological polar surface area (TPSA) is 75.4 Å². The first kappa shape index (κ1) is 12.5. The Balaban J connectivity index is 2.21. The number of hydrogen-bond donors (Lipinski definition) is 3. The van der Waals surface area contributed by atoms with Gasteiger partial charge in [-0.1, -0.05) is 19.8 Å². The summed E-state index contributed by atoms with van der Waals surface area (Å²) in [5.74, 6) is -0.0512. The minimum Gasteiger partial charge on any atom is -0.388 e. The molecule has 0 bridgehead atoms. The van der Waals surface area contributed by atoms with Crippen molar-refractivity contribution in [2.24, 2.45) is 5.73 Å². The van der Waals surface area contributed by atoms with Crippen LogP contribution in [0.2, 0.25) is 0 Å². The second kappa shape index (κ2) is 5.47. The van der Waals surface area contributed by atoms with Crippen LogP contribution in [0.5, 0.6) is 0 Å². The van der Waals surface area contributed by atoms with Crippen LogP contribution in [0, 0.1) is 0 Å². The zero-order valence-corrected chi connectivity index (χ0v) is 9.46. The van der Waals surface area contributed by atoms with E-state index >= 15 is 0 Å². The summed E-state index contributed by atoms with van der Waals surface area (Å²) in [6, 6.07) is -0.0665. The SMILES string of the molecule is CCC(N)CC(=O)NCC1(O)CCCC1. The largest absolute Gasteiger partial charge is 0.388 e. The van der Waals surface area contributed by atoms with Crippen molar-refractivity contribution < 1.29 is 9.90 Å². The van der Waals surface area contributed by atoms with Gasteiger partial charge in [-0.3, -0.25) is 4.79 Å². The van der Waals surface area contributed by atoms with Crippen LogP contribution in [0.15, 0.2) is 0 Å². The average Bonchev–Trinajstić information content (AvgIpc) is 2.63. The van der Waals surface area contributed by atoms with Crippen molar-refractivity contribution in [3.8, 4) is 0 Å². The minimum absolute atomic E-state index is 0.0512. The molecule has 0 radical (unpaired) electrons. The molecule has 1 aliphatic carbocycles. The van der Waals surface area contributed by atoms with E-state index in [0.717, 1.165) is 32.1 Å². The van der Waals surface area contributed by atoms with Gasteiger partial charge >= 0.3 is 0 Å². The van der Waals surface area contributed by atoms with Gasteiger partial charge in [0, 0.05) is 19.0 Å². The highest BCUT2D eigenvalue weighted by Gasteiger charge is 2.31. The van der Waals surface area contributed by atoms with E-state index in [-0.39, 0.29) is 11.9 Å². The summed E-state index contributed by atoms with van der Waals surface area (Å²) in [4.78, 5) is 11.4. The van der Waals surface area contributed by atoms with Gasteiger partial charge in [-0.05, 0) is 19.3 Å². The van der Waals surface area contributed by atoms with Crippen LogP contribution in [0.25, 0.3) is 0 Å². The van der Waals surface area contributed by atoms with Gasteiger partial charge in [0.1, 0.15) is 0 Å². The van der Waals surface area contributed by atoms with Gasteiger partial charge in [0.2, 0.25) is 5.91 Å². The van der Waals surface area contributed by atoms with Gasteiger partial charge in [0.15, 0.2) is 0 Å². The Morgan fingerprint density at radius 3 is 2.67 bits per heavy atom. The molecule has 4 heteroatoms. The van der Waals surface area contributed by atoms with E-state index in [1.54, 1.807) is 0 Å². The lowest BCUT2D eigenvalue weighted by atomic mass is 10.0. The Morgan fingerprint density at radius 1 is 1.53 bits per heavy atom. The first-order valence-corrected chi connectivity index (χ1v) is 5.80. The monoisotopic (exact) mass is 214 g/mol. The predicted molar refractivity (Wildman–Crippen MR) is 59.3 cm³/mol. The second-order valence-electron chi connectivity index (χ2n) is 4.58. The Bertz CT molecular complexity index is 213. The molecule has 1 unspecified atom stereocenters. The van der Waals surface area contributed by atoms with Crippen molar-refractivity contribution in [1.29, 1.82) is 0 Å². The molecule has 0 aromatic rings. The molecule has 1 amide bonds. The highest BCUT2D eigenvalue weighted by molar-refractivity contribution is 5.76. The zero-order chi connectivity index (χ0) is 11.3. The van der Waals surface area contributed by atoms with Crippen LogP contribution in [0.4, 0.5) is 0 Å². The lowest BCUT2D eigenvalue weighted by molar-refractivity contribution is -0.122. The summed E-state index contributed by atoms with van der Waals surface area (Å²) < 4.78 is 0. The summed E-state index contributed by atoms with van der Waals surface area (Å²) in [6.45, 7) is 2.34. The van der Waals surface area contributed by atoms with E-state index < -0.39 is 5.60 Å². The molecular weight excluding hydrogens is 192 g/mol.